The van der Waals surface area contributed by atoms with Crippen LogP contribution in [0, 0.1) is 0 Å². The molecule has 10 heteroatoms. The molecular formula is C31H28N4O6. The molecule has 0 saturated carbocycles. The lowest BCUT2D eigenvalue weighted by molar-refractivity contribution is -0.185. The average molecular weight is 553 g/mol. The minimum absolute atomic E-state index is 0.0353. The quantitative estimate of drug-likeness (QED) is 0.372. The van der Waals surface area contributed by atoms with Gasteiger partial charge in [0, 0.05) is 5.56 Å². The van der Waals surface area contributed by atoms with E-state index in [0.29, 0.717) is 5.56 Å². The van der Waals surface area contributed by atoms with Crippen LogP contribution in [0.2, 0.25) is 0 Å². The molecule has 3 aromatic rings. The van der Waals surface area contributed by atoms with E-state index in [2.05, 4.69) is 5.32 Å². The number of fused-ring (bicyclic) bond motifs is 1. The Morgan fingerprint density at radius 1 is 0.878 bits per heavy atom. The van der Waals surface area contributed by atoms with Gasteiger partial charge in [-0.15, -0.1) is 0 Å². The summed E-state index contributed by atoms with van der Waals surface area (Å²) in [7, 11) is 0. The van der Waals surface area contributed by atoms with Gasteiger partial charge in [0.25, 0.3) is 11.8 Å². The Kier molecular flexibility index (Phi) is 6.98. The fraction of sp³-hybridized carbons (Fsp3) is 0.226. The molecule has 208 valence electrons. The van der Waals surface area contributed by atoms with Crippen LogP contribution >= 0.6 is 0 Å². The number of β-lactam (4-membered cyclic amide) rings is 1. The van der Waals surface area contributed by atoms with Crippen molar-refractivity contribution >= 4 is 23.8 Å². The third-order valence-corrected chi connectivity index (χ3v) is 7.37. The molecule has 3 aromatic carbocycles. The van der Waals surface area contributed by atoms with E-state index in [9.17, 15) is 19.2 Å². The van der Waals surface area contributed by atoms with Gasteiger partial charge in [0.2, 0.25) is 5.91 Å². The Morgan fingerprint density at radius 3 is 2.15 bits per heavy atom. The summed E-state index contributed by atoms with van der Waals surface area (Å²) < 4.78 is 5.62. The van der Waals surface area contributed by atoms with E-state index in [4.69, 9.17) is 9.57 Å². The van der Waals surface area contributed by atoms with Crippen molar-refractivity contribution < 1.29 is 28.8 Å². The zero-order valence-electron chi connectivity index (χ0n) is 22.3. The fourth-order valence-corrected chi connectivity index (χ4v) is 5.35. The highest BCUT2D eigenvalue weighted by atomic mass is 16.7. The molecule has 10 nitrogen and oxygen atoms in total. The van der Waals surface area contributed by atoms with E-state index in [0.717, 1.165) is 26.8 Å². The van der Waals surface area contributed by atoms with Crippen molar-refractivity contribution in [1.29, 1.82) is 0 Å². The number of hydrazine groups is 1. The Balaban J connectivity index is 1.30. The Hall–Kier alpha value is -4.96. The standard InChI is InChI=1S/C31H28N4O6/c1-20-17-25-33(31(39)40-19-22-13-7-3-8-14-22)34-27(28(20)41-35(25)29(37)23-15-9-4-10-16-23)26(30(34)38)32-24(36)18-21-11-5-2-6-12-21/h2-17,25-28H,18-19H2,1H3,(H,32,36)/t25-,26+,27-,28-/m1/s1. The van der Waals surface area contributed by atoms with Crippen LogP contribution in [-0.4, -0.2) is 63.2 Å². The highest BCUT2D eigenvalue weighted by Crippen LogP contribution is 2.40. The van der Waals surface area contributed by atoms with Crippen LogP contribution in [0.5, 0.6) is 0 Å². The molecule has 0 aromatic heterocycles. The van der Waals surface area contributed by atoms with Gasteiger partial charge in [0.05, 0.1) is 6.42 Å². The average Bonchev–Trinajstić information content (AvgIpc) is 3.20. The molecule has 0 radical (unpaired) electrons. The molecule has 2 saturated heterocycles. The summed E-state index contributed by atoms with van der Waals surface area (Å²) in [6.07, 6.45) is -0.898. The minimum Gasteiger partial charge on any atom is -0.443 e. The summed E-state index contributed by atoms with van der Waals surface area (Å²) in [5.41, 5.74) is 2.63. The van der Waals surface area contributed by atoms with Crippen molar-refractivity contribution in [3.63, 3.8) is 0 Å². The third kappa shape index (κ3) is 4.93. The molecule has 0 unspecified atom stereocenters. The zero-order chi connectivity index (χ0) is 28.5. The molecule has 7 rings (SSSR count). The second-order valence-electron chi connectivity index (χ2n) is 10.1. The smallest absolute Gasteiger partial charge is 0.431 e. The molecular weight excluding hydrogens is 524 g/mol. The van der Waals surface area contributed by atoms with Gasteiger partial charge in [-0.3, -0.25) is 19.2 Å². The number of hydrogen-bond acceptors (Lipinski definition) is 6. The molecule has 2 fully saturated rings. The number of hydrogen-bond donors (Lipinski definition) is 1. The molecule has 4 heterocycles. The normalized spacial score (nSPS) is 22.7. The number of nitrogens with one attached hydrogen (secondary N) is 1. The van der Waals surface area contributed by atoms with Gasteiger partial charge in [0.15, 0.2) is 6.17 Å². The van der Waals surface area contributed by atoms with Crippen LogP contribution in [0.1, 0.15) is 28.4 Å². The number of nitrogens with zero attached hydrogens (tertiary/aromatic N) is 3. The Morgan fingerprint density at radius 2 is 1.49 bits per heavy atom. The highest BCUT2D eigenvalue weighted by molar-refractivity contribution is 5.97. The second-order valence-corrected chi connectivity index (χ2v) is 10.1. The maximum absolute atomic E-state index is 13.6. The minimum atomic E-state index is -1.09. The summed E-state index contributed by atoms with van der Waals surface area (Å²) in [5, 5.41) is 6.29. The van der Waals surface area contributed by atoms with Crippen molar-refractivity contribution in [2.24, 2.45) is 0 Å². The van der Waals surface area contributed by atoms with Crippen LogP contribution < -0.4 is 5.32 Å². The van der Waals surface area contributed by atoms with Crippen molar-refractivity contribution in [2.45, 2.75) is 44.3 Å². The summed E-state index contributed by atoms with van der Waals surface area (Å²) in [6, 6.07) is 25.1. The topological polar surface area (TPSA) is 108 Å². The molecule has 4 aliphatic heterocycles. The van der Waals surface area contributed by atoms with Gasteiger partial charge in [-0.2, -0.15) is 10.1 Å². The maximum atomic E-state index is 13.6. The van der Waals surface area contributed by atoms with E-state index in [1.807, 2.05) is 67.6 Å². The molecule has 4 amide bonds. The largest absolute Gasteiger partial charge is 0.443 e. The third-order valence-electron chi connectivity index (χ3n) is 7.37. The van der Waals surface area contributed by atoms with Crippen molar-refractivity contribution in [3.8, 4) is 0 Å². The SMILES string of the molecule is CC1=C[C@H]2N(C(=O)c3ccccc3)O[C@H]1[C@H]1[C@H](NC(=O)Cc3ccccc3)C(=O)N1N2C(=O)OCc1ccccc1. The van der Waals surface area contributed by atoms with Gasteiger partial charge < -0.3 is 10.1 Å². The van der Waals surface area contributed by atoms with Crippen molar-refractivity contribution in [3.05, 3.63) is 119 Å². The molecule has 4 aliphatic rings. The van der Waals surface area contributed by atoms with Crippen LogP contribution in [0.25, 0.3) is 0 Å². The summed E-state index contributed by atoms with van der Waals surface area (Å²) in [4.78, 5) is 59.9. The summed E-state index contributed by atoms with van der Waals surface area (Å²) >= 11 is 0. The van der Waals surface area contributed by atoms with E-state index in [1.54, 1.807) is 36.4 Å². The van der Waals surface area contributed by atoms with Crippen LogP contribution in [0.15, 0.2) is 103 Å². The monoisotopic (exact) mass is 552 g/mol. The van der Waals surface area contributed by atoms with Crippen LogP contribution in [-0.2, 0) is 32.2 Å². The second kappa shape index (κ2) is 10.9. The van der Waals surface area contributed by atoms with Gasteiger partial charge in [-0.05, 0) is 41.8 Å². The lowest BCUT2D eigenvalue weighted by Crippen LogP contribution is -2.78. The van der Waals surface area contributed by atoms with Gasteiger partial charge >= 0.3 is 6.09 Å². The van der Waals surface area contributed by atoms with Crippen LogP contribution in [0.4, 0.5) is 4.79 Å². The number of hydroxylamine groups is 2. The maximum Gasteiger partial charge on any atom is 0.431 e. The molecule has 2 bridgehead atoms. The molecule has 0 aliphatic carbocycles. The number of rotatable bonds is 6. The first-order valence-corrected chi connectivity index (χ1v) is 13.3. The molecule has 41 heavy (non-hydrogen) atoms. The van der Waals surface area contributed by atoms with E-state index < -0.39 is 42.3 Å². The Bertz CT molecular complexity index is 1500. The van der Waals surface area contributed by atoms with Crippen molar-refractivity contribution in [1.82, 2.24) is 20.4 Å². The lowest BCUT2D eigenvalue weighted by Gasteiger charge is -2.50. The molecule has 4 atom stereocenters. The summed E-state index contributed by atoms with van der Waals surface area (Å²) in [6.45, 7) is 1.77. The number of benzene rings is 3. The first-order chi connectivity index (χ1) is 19.9. The lowest BCUT2D eigenvalue weighted by atomic mass is 9.88. The summed E-state index contributed by atoms with van der Waals surface area (Å²) in [5.74, 6) is -1.32. The first-order valence-electron chi connectivity index (χ1n) is 13.3. The van der Waals surface area contributed by atoms with Gasteiger partial charge in [-0.25, -0.2) is 9.80 Å². The first kappa shape index (κ1) is 26.3. The van der Waals surface area contributed by atoms with E-state index in [-0.39, 0.29) is 18.9 Å². The number of carbonyl (C=O) groups excluding carboxylic acids is 4. The van der Waals surface area contributed by atoms with Gasteiger partial charge in [0.1, 0.15) is 24.8 Å². The fourth-order valence-electron chi connectivity index (χ4n) is 5.35. The zero-order valence-corrected chi connectivity index (χ0v) is 22.3. The molecule has 1 N–H and O–H groups in total. The van der Waals surface area contributed by atoms with E-state index in [1.165, 1.54) is 5.01 Å². The number of ether oxygens (including phenoxy) is 1. The van der Waals surface area contributed by atoms with Crippen molar-refractivity contribution in [2.75, 3.05) is 0 Å². The highest BCUT2D eigenvalue weighted by Gasteiger charge is 2.63. The predicted octanol–water partition coefficient (Wildman–Crippen LogP) is 3.22. The van der Waals surface area contributed by atoms with E-state index >= 15 is 0 Å². The van der Waals surface area contributed by atoms with Gasteiger partial charge in [-0.1, -0.05) is 78.9 Å². The Labute approximate surface area is 236 Å². The number of carbonyl (C=O) groups is 4. The predicted molar refractivity (Wildman–Crippen MR) is 146 cm³/mol. The number of amides is 4. The van der Waals surface area contributed by atoms with Crippen LogP contribution in [0.3, 0.4) is 0 Å². The molecule has 0 spiro atoms.